The summed E-state index contributed by atoms with van der Waals surface area (Å²) >= 11 is 0. The Bertz CT molecular complexity index is 617. The number of esters is 1. The molecule has 0 spiro atoms. The third-order valence-electron chi connectivity index (χ3n) is 3.02. The number of aromatic nitrogens is 2. The molecule has 1 aromatic heterocycles. The van der Waals surface area contributed by atoms with E-state index < -0.39 is 11.9 Å². The van der Waals surface area contributed by atoms with Gasteiger partial charge in [0.15, 0.2) is 0 Å². The van der Waals surface area contributed by atoms with Crippen molar-refractivity contribution in [3.63, 3.8) is 0 Å². The average Bonchev–Trinajstić information content (AvgIpc) is 2.49. The van der Waals surface area contributed by atoms with Crippen LogP contribution in [0.4, 0.5) is 10.3 Å². The Morgan fingerprint density at radius 3 is 2.67 bits per heavy atom. The summed E-state index contributed by atoms with van der Waals surface area (Å²) in [5, 5.41) is 3.00. The van der Waals surface area contributed by atoms with Gasteiger partial charge in [-0.25, -0.2) is 14.4 Å². The molecule has 1 N–H and O–H groups in total. The molecule has 1 heterocycles. The minimum atomic E-state index is -0.556. The number of nitrogens with zero attached hydrogens (tertiary/aromatic N) is 2. The van der Waals surface area contributed by atoms with Crippen molar-refractivity contribution in [1.29, 1.82) is 0 Å². The molecule has 110 valence electrons. The maximum atomic E-state index is 13.0. The SMILES string of the molecule is COC(=O)C(CNc1nccc(C)n1)c1ccc(F)cc1. The highest BCUT2D eigenvalue weighted by molar-refractivity contribution is 5.78. The van der Waals surface area contributed by atoms with E-state index in [-0.39, 0.29) is 12.4 Å². The Kier molecular flexibility index (Phi) is 4.81. The van der Waals surface area contributed by atoms with Gasteiger partial charge in [0, 0.05) is 18.4 Å². The summed E-state index contributed by atoms with van der Waals surface area (Å²) in [6.45, 7) is 2.12. The van der Waals surface area contributed by atoms with Crippen LogP contribution in [0.5, 0.6) is 0 Å². The van der Waals surface area contributed by atoms with Crippen LogP contribution in [0, 0.1) is 12.7 Å². The molecule has 0 saturated carbocycles. The third kappa shape index (κ3) is 3.98. The highest BCUT2D eigenvalue weighted by Crippen LogP contribution is 2.18. The van der Waals surface area contributed by atoms with Gasteiger partial charge in [0.1, 0.15) is 5.82 Å². The summed E-state index contributed by atoms with van der Waals surface area (Å²) in [5.41, 5.74) is 1.49. The van der Waals surface area contributed by atoms with Gasteiger partial charge in [-0.05, 0) is 30.7 Å². The van der Waals surface area contributed by atoms with E-state index in [1.807, 2.05) is 6.92 Å². The molecular weight excluding hydrogens is 273 g/mol. The summed E-state index contributed by atoms with van der Waals surface area (Å²) in [6.07, 6.45) is 1.63. The molecule has 0 saturated heterocycles. The van der Waals surface area contributed by atoms with Gasteiger partial charge in [0.2, 0.25) is 5.95 Å². The number of aryl methyl sites for hydroxylation is 1. The maximum absolute atomic E-state index is 13.0. The fourth-order valence-corrected chi connectivity index (χ4v) is 1.90. The predicted molar refractivity (Wildman–Crippen MR) is 76.4 cm³/mol. The molecule has 0 fully saturated rings. The second-order valence-electron chi connectivity index (χ2n) is 4.53. The van der Waals surface area contributed by atoms with Crippen molar-refractivity contribution in [3.8, 4) is 0 Å². The molecular formula is C15H16FN3O2. The Hall–Kier alpha value is -2.50. The molecule has 21 heavy (non-hydrogen) atoms. The van der Waals surface area contributed by atoms with Crippen LogP contribution in [-0.4, -0.2) is 29.6 Å². The molecule has 0 radical (unpaired) electrons. The van der Waals surface area contributed by atoms with E-state index in [0.717, 1.165) is 5.69 Å². The van der Waals surface area contributed by atoms with Crippen LogP contribution in [0.1, 0.15) is 17.2 Å². The second-order valence-corrected chi connectivity index (χ2v) is 4.53. The van der Waals surface area contributed by atoms with Gasteiger partial charge in [-0.2, -0.15) is 0 Å². The lowest BCUT2D eigenvalue weighted by Gasteiger charge is -2.16. The highest BCUT2D eigenvalue weighted by Gasteiger charge is 2.21. The van der Waals surface area contributed by atoms with E-state index in [0.29, 0.717) is 11.5 Å². The number of rotatable bonds is 5. The minimum absolute atomic E-state index is 0.266. The molecule has 6 heteroatoms. The van der Waals surface area contributed by atoms with Crippen molar-refractivity contribution in [3.05, 3.63) is 53.6 Å². The van der Waals surface area contributed by atoms with Crippen molar-refractivity contribution >= 4 is 11.9 Å². The van der Waals surface area contributed by atoms with Gasteiger partial charge in [-0.1, -0.05) is 12.1 Å². The Morgan fingerprint density at radius 1 is 1.33 bits per heavy atom. The molecule has 1 unspecified atom stereocenters. The largest absolute Gasteiger partial charge is 0.468 e. The standard InChI is InChI=1S/C15H16FN3O2/c1-10-7-8-17-15(19-10)18-9-13(14(20)21-2)11-3-5-12(16)6-4-11/h3-8,13H,9H2,1-2H3,(H,17,18,19). The highest BCUT2D eigenvalue weighted by atomic mass is 19.1. The lowest BCUT2D eigenvalue weighted by Crippen LogP contribution is -2.23. The quantitative estimate of drug-likeness (QED) is 0.856. The van der Waals surface area contributed by atoms with Crippen LogP contribution in [0.2, 0.25) is 0 Å². The Balaban J connectivity index is 2.13. The Labute approximate surface area is 122 Å². The number of hydrogen-bond acceptors (Lipinski definition) is 5. The molecule has 5 nitrogen and oxygen atoms in total. The summed E-state index contributed by atoms with van der Waals surface area (Å²) in [5.74, 6) is -0.871. The predicted octanol–water partition coefficient (Wildman–Crippen LogP) is 2.29. The zero-order valence-corrected chi connectivity index (χ0v) is 11.8. The number of methoxy groups -OCH3 is 1. The Morgan fingerprint density at radius 2 is 2.05 bits per heavy atom. The van der Waals surface area contributed by atoms with Crippen LogP contribution >= 0.6 is 0 Å². The first kappa shape index (κ1) is 14.9. The van der Waals surface area contributed by atoms with E-state index >= 15 is 0 Å². The fraction of sp³-hybridized carbons (Fsp3) is 0.267. The minimum Gasteiger partial charge on any atom is -0.468 e. The average molecular weight is 289 g/mol. The number of carbonyl (C=O) groups excluding carboxylic acids is 1. The number of hydrogen-bond donors (Lipinski definition) is 1. The molecule has 0 aliphatic rings. The lowest BCUT2D eigenvalue weighted by atomic mass is 9.99. The van der Waals surface area contributed by atoms with E-state index in [4.69, 9.17) is 4.74 Å². The van der Waals surface area contributed by atoms with Crippen molar-refractivity contribution in [2.45, 2.75) is 12.8 Å². The molecule has 0 aliphatic carbocycles. The van der Waals surface area contributed by atoms with Gasteiger partial charge in [0.05, 0.1) is 13.0 Å². The summed E-state index contributed by atoms with van der Waals surface area (Å²) < 4.78 is 17.8. The van der Waals surface area contributed by atoms with Crippen LogP contribution in [-0.2, 0) is 9.53 Å². The lowest BCUT2D eigenvalue weighted by molar-refractivity contribution is -0.142. The molecule has 0 bridgehead atoms. The van der Waals surface area contributed by atoms with Gasteiger partial charge in [0.25, 0.3) is 0 Å². The smallest absolute Gasteiger partial charge is 0.314 e. The van der Waals surface area contributed by atoms with Gasteiger partial charge >= 0.3 is 5.97 Å². The van der Waals surface area contributed by atoms with E-state index in [9.17, 15) is 9.18 Å². The first-order valence-corrected chi connectivity index (χ1v) is 6.47. The number of nitrogens with one attached hydrogen (secondary N) is 1. The maximum Gasteiger partial charge on any atom is 0.314 e. The van der Waals surface area contributed by atoms with Crippen molar-refractivity contribution in [2.24, 2.45) is 0 Å². The number of benzene rings is 1. The number of anilines is 1. The fourth-order valence-electron chi connectivity index (χ4n) is 1.90. The monoisotopic (exact) mass is 289 g/mol. The van der Waals surface area contributed by atoms with Crippen LogP contribution in [0.3, 0.4) is 0 Å². The molecule has 1 atom stereocenters. The van der Waals surface area contributed by atoms with Crippen molar-refractivity contribution in [2.75, 3.05) is 19.0 Å². The number of halogens is 1. The number of ether oxygens (including phenoxy) is 1. The zero-order chi connectivity index (χ0) is 15.2. The van der Waals surface area contributed by atoms with Gasteiger partial charge in [-0.3, -0.25) is 4.79 Å². The normalized spacial score (nSPS) is 11.8. The second kappa shape index (κ2) is 6.78. The van der Waals surface area contributed by atoms with Gasteiger partial charge < -0.3 is 10.1 Å². The summed E-state index contributed by atoms with van der Waals surface area (Å²) in [6, 6.07) is 7.54. The summed E-state index contributed by atoms with van der Waals surface area (Å²) in [7, 11) is 1.32. The van der Waals surface area contributed by atoms with Gasteiger partial charge in [-0.15, -0.1) is 0 Å². The van der Waals surface area contributed by atoms with E-state index in [1.165, 1.54) is 19.2 Å². The first-order valence-electron chi connectivity index (χ1n) is 6.47. The molecule has 2 aromatic rings. The zero-order valence-electron chi connectivity index (χ0n) is 11.8. The topological polar surface area (TPSA) is 64.1 Å². The molecule has 0 aliphatic heterocycles. The van der Waals surface area contributed by atoms with Crippen LogP contribution in [0.25, 0.3) is 0 Å². The molecule has 1 aromatic carbocycles. The van der Waals surface area contributed by atoms with Crippen molar-refractivity contribution in [1.82, 2.24) is 9.97 Å². The molecule has 0 amide bonds. The van der Waals surface area contributed by atoms with E-state index in [2.05, 4.69) is 15.3 Å². The number of carbonyl (C=O) groups is 1. The van der Waals surface area contributed by atoms with Crippen LogP contribution in [0.15, 0.2) is 36.5 Å². The van der Waals surface area contributed by atoms with Crippen LogP contribution < -0.4 is 5.32 Å². The van der Waals surface area contributed by atoms with Crippen molar-refractivity contribution < 1.29 is 13.9 Å². The summed E-state index contributed by atoms with van der Waals surface area (Å²) in [4.78, 5) is 20.2. The van der Waals surface area contributed by atoms with E-state index in [1.54, 1.807) is 24.4 Å². The third-order valence-corrected chi connectivity index (χ3v) is 3.02. The first-order chi connectivity index (χ1) is 10.1. The molecule has 2 rings (SSSR count).